The van der Waals surface area contributed by atoms with Gasteiger partial charge in [-0.1, -0.05) is 46.9 Å². The molecule has 0 unspecified atom stereocenters. The van der Waals surface area contributed by atoms with E-state index in [0.29, 0.717) is 10.7 Å². The second-order valence-electron chi connectivity index (χ2n) is 5.48. The maximum Gasteiger partial charge on any atom is 0.355 e. The number of benzene rings is 2. The predicted octanol–water partition coefficient (Wildman–Crippen LogP) is 4.85. The lowest BCUT2D eigenvalue weighted by Crippen LogP contribution is -2.30. The average molecular weight is 454 g/mol. The highest BCUT2D eigenvalue weighted by molar-refractivity contribution is 6.36. The van der Waals surface area contributed by atoms with Gasteiger partial charge in [-0.15, -0.1) is 0 Å². The maximum atomic E-state index is 12.3. The van der Waals surface area contributed by atoms with Crippen LogP contribution >= 0.6 is 34.8 Å². The first-order valence-corrected chi connectivity index (χ1v) is 9.02. The van der Waals surface area contributed by atoms with Gasteiger partial charge in [0.1, 0.15) is 6.33 Å². The molecule has 0 bridgehead atoms. The highest BCUT2D eigenvalue weighted by Gasteiger charge is 2.24. The molecule has 3 rings (SSSR count). The van der Waals surface area contributed by atoms with Crippen LogP contribution in [0.25, 0.3) is 0 Å². The molecule has 0 aliphatic carbocycles. The number of nitro groups is 1. The van der Waals surface area contributed by atoms with Gasteiger partial charge in [-0.3, -0.25) is 25.8 Å². The summed E-state index contributed by atoms with van der Waals surface area (Å²) in [6.07, 6.45) is 1.09. The number of nitrogens with zero attached hydrogens (tertiary/aromatic N) is 3. The van der Waals surface area contributed by atoms with Crippen LogP contribution < -0.4 is 16.2 Å². The first kappa shape index (κ1) is 20.6. The van der Waals surface area contributed by atoms with E-state index in [1.807, 2.05) is 0 Å². The summed E-state index contributed by atoms with van der Waals surface area (Å²) < 4.78 is 0. The van der Waals surface area contributed by atoms with Crippen molar-refractivity contribution < 1.29 is 9.72 Å². The van der Waals surface area contributed by atoms with E-state index < -0.39 is 16.5 Å². The third kappa shape index (κ3) is 4.83. The van der Waals surface area contributed by atoms with E-state index in [-0.39, 0.29) is 27.2 Å². The van der Waals surface area contributed by atoms with Crippen molar-refractivity contribution in [1.82, 2.24) is 15.4 Å². The topological polar surface area (TPSA) is 122 Å². The average Bonchev–Trinajstić information content (AvgIpc) is 2.68. The molecular formula is C17H11Cl3N6O3. The van der Waals surface area contributed by atoms with Crippen LogP contribution in [0.1, 0.15) is 10.4 Å². The number of halogens is 3. The van der Waals surface area contributed by atoms with Gasteiger partial charge in [0.05, 0.1) is 26.2 Å². The van der Waals surface area contributed by atoms with E-state index in [9.17, 15) is 14.9 Å². The number of hydrogen-bond donors (Lipinski definition) is 3. The summed E-state index contributed by atoms with van der Waals surface area (Å²) in [5.74, 6) is -0.972. The van der Waals surface area contributed by atoms with Crippen LogP contribution in [-0.2, 0) is 0 Å². The van der Waals surface area contributed by atoms with Crippen molar-refractivity contribution in [3.8, 4) is 0 Å². The highest BCUT2D eigenvalue weighted by atomic mass is 35.5. The van der Waals surface area contributed by atoms with Crippen LogP contribution in [0.3, 0.4) is 0 Å². The van der Waals surface area contributed by atoms with E-state index in [0.717, 1.165) is 6.33 Å². The van der Waals surface area contributed by atoms with Gasteiger partial charge < -0.3 is 5.32 Å². The quantitative estimate of drug-likeness (QED) is 0.360. The molecule has 3 N–H and O–H groups in total. The van der Waals surface area contributed by atoms with Crippen LogP contribution in [0, 0.1) is 10.1 Å². The van der Waals surface area contributed by atoms with Crippen LogP contribution in [0.4, 0.5) is 23.0 Å². The van der Waals surface area contributed by atoms with Crippen molar-refractivity contribution in [2.24, 2.45) is 0 Å². The summed E-state index contributed by atoms with van der Waals surface area (Å²) >= 11 is 17.9. The number of hydrogen-bond acceptors (Lipinski definition) is 7. The van der Waals surface area contributed by atoms with Crippen LogP contribution in [-0.4, -0.2) is 20.8 Å². The number of carbonyl (C=O) groups is 1. The second-order valence-corrected chi connectivity index (χ2v) is 6.74. The lowest BCUT2D eigenvalue weighted by Gasteiger charge is -2.12. The second kappa shape index (κ2) is 8.91. The van der Waals surface area contributed by atoms with Crippen LogP contribution in [0.2, 0.25) is 15.1 Å². The van der Waals surface area contributed by atoms with Gasteiger partial charge in [-0.05, 0) is 30.3 Å². The Balaban J connectivity index is 1.86. The standard InChI is InChI=1S/C17H11Cl3N6O3/c18-9-5-6-13(12(20)7-9)23-15-14(26(28)29)16(22-8-21-15)24-25-17(27)10-3-1-2-4-11(10)19/h1-8H,(H,25,27)(H2,21,22,23,24). The molecule has 0 spiro atoms. The zero-order valence-electron chi connectivity index (χ0n) is 14.3. The van der Waals surface area contributed by atoms with Crippen molar-refractivity contribution in [2.45, 2.75) is 0 Å². The molecule has 0 radical (unpaired) electrons. The van der Waals surface area contributed by atoms with Crippen LogP contribution in [0.5, 0.6) is 0 Å². The maximum absolute atomic E-state index is 12.3. The molecule has 1 heterocycles. The largest absolute Gasteiger partial charge is 0.355 e. The fraction of sp³-hybridized carbons (Fsp3) is 0. The Kier molecular flexibility index (Phi) is 6.32. The fourth-order valence-electron chi connectivity index (χ4n) is 2.28. The predicted molar refractivity (Wildman–Crippen MR) is 111 cm³/mol. The Bertz CT molecular complexity index is 1100. The lowest BCUT2D eigenvalue weighted by atomic mass is 10.2. The minimum Gasteiger partial charge on any atom is -0.333 e. The van der Waals surface area contributed by atoms with Gasteiger partial charge in [-0.25, -0.2) is 9.97 Å². The van der Waals surface area contributed by atoms with E-state index in [4.69, 9.17) is 34.8 Å². The first-order chi connectivity index (χ1) is 13.9. The minimum absolute atomic E-state index is 0.135. The number of carbonyl (C=O) groups excluding carboxylic acids is 1. The Morgan fingerprint density at radius 3 is 2.41 bits per heavy atom. The Labute approximate surface area is 179 Å². The lowest BCUT2D eigenvalue weighted by molar-refractivity contribution is -0.383. The van der Waals surface area contributed by atoms with Gasteiger partial charge in [0, 0.05) is 5.02 Å². The minimum atomic E-state index is -0.698. The molecule has 0 fully saturated rings. The van der Waals surface area contributed by atoms with Gasteiger partial charge in [0.15, 0.2) is 0 Å². The monoisotopic (exact) mass is 452 g/mol. The summed E-state index contributed by atoms with van der Waals surface area (Å²) in [7, 11) is 0. The number of hydrazine groups is 1. The summed E-state index contributed by atoms with van der Waals surface area (Å²) in [4.78, 5) is 30.9. The molecule has 1 aromatic heterocycles. The first-order valence-electron chi connectivity index (χ1n) is 7.89. The summed E-state index contributed by atoms with van der Waals surface area (Å²) in [6, 6.07) is 10.9. The molecule has 0 saturated heterocycles. The van der Waals surface area contributed by atoms with Crippen molar-refractivity contribution in [2.75, 3.05) is 10.7 Å². The normalized spacial score (nSPS) is 10.3. The number of nitrogens with one attached hydrogen (secondary N) is 3. The Morgan fingerprint density at radius 2 is 1.72 bits per heavy atom. The fourth-order valence-corrected chi connectivity index (χ4v) is 2.96. The summed E-state index contributed by atoms with van der Waals surface area (Å²) in [5.41, 5.74) is 4.78. The number of rotatable bonds is 6. The van der Waals surface area contributed by atoms with E-state index in [1.54, 1.807) is 30.3 Å². The number of anilines is 3. The van der Waals surface area contributed by atoms with Gasteiger partial charge >= 0.3 is 5.69 Å². The molecule has 12 heteroatoms. The Morgan fingerprint density at radius 1 is 1.00 bits per heavy atom. The van der Waals surface area contributed by atoms with E-state index >= 15 is 0 Å². The van der Waals surface area contributed by atoms with Gasteiger partial charge in [0.2, 0.25) is 11.6 Å². The molecule has 0 atom stereocenters. The van der Waals surface area contributed by atoms with Crippen molar-refractivity contribution in [1.29, 1.82) is 0 Å². The van der Waals surface area contributed by atoms with Crippen LogP contribution in [0.15, 0.2) is 48.8 Å². The van der Waals surface area contributed by atoms with Gasteiger partial charge in [-0.2, -0.15) is 0 Å². The van der Waals surface area contributed by atoms with Crippen molar-refractivity contribution in [3.63, 3.8) is 0 Å². The molecule has 0 saturated carbocycles. The Hall–Kier alpha value is -3.14. The van der Waals surface area contributed by atoms with Gasteiger partial charge in [0.25, 0.3) is 5.91 Å². The molecule has 1 amide bonds. The molecule has 0 aliphatic rings. The zero-order chi connectivity index (χ0) is 21.0. The SMILES string of the molecule is O=C(NNc1ncnc(Nc2ccc(Cl)cc2Cl)c1[N+](=O)[O-])c1ccccc1Cl. The van der Waals surface area contributed by atoms with Crippen molar-refractivity contribution >= 4 is 63.7 Å². The number of aromatic nitrogens is 2. The smallest absolute Gasteiger partial charge is 0.333 e. The summed E-state index contributed by atoms with van der Waals surface area (Å²) in [6.45, 7) is 0. The zero-order valence-corrected chi connectivity index (χ0v) is 16.6. The molecule has 0 aliphatic heterocycles. The van der Waals surface area contributed by atoms with Crippen molar-refractivity contribution in [3.05, 3.63) is 79.5 Å². The molecule has 148 valence electrons. The summed E-state index contributed by atoms with van der Waals surface area (Å²) in [5, 5.41) is 15.2. The van der Waals surface area contributed by atoms with E-state index in [1.165, 1.54) is 12.1 Å². The molecule has 9 nitrogen and oxygen atoms in total. The molecular weight excluding hydrogens is 443 g/mol. The van der Waals surface area contributed by atoms with E-state index in [2.05, 4.69) is 26.1 Å². The molecule has 29 heavy (non-hydrogen) atoms. The number of amides is 1. The highest BCUT2D eigenvalue weighted by Crippen LogP contribution is 2.34. The molecule has 2 aromatic carbocycles. The third-order valence-corrected chi connectivity index (χ3v) is 4.48. The third-order valence-electron chi connectivity index (χ3n) is 3.60. The molecule has 3 aromatic rings.